The minimum Gasteiger partial charge on any atom is -0.508 e. The molecule has 3 nitrogen and oxygen atoms in total. The molecular weight excluding hydrogens is 246 g/mol. The Morgan fingerprint density at radius 1 is 1.06 bits per heavy atom. The number of nitrogens with one attached hydrogen (secondary N) is 1. The SMILES string of the molecule is Oc1ccc(C(=S)NCc2ccccc2)c(O)c1. The third-order valence-corrected chi connectivity index (χ3v) is 2.89. The summed E-state index contributed by atoms with van der Waals surface area (Å²) in [6.07, 6.45) is 0. The van der Waals surface area contributed by atoms with E-state index in [1.165, 1.54) is 12.1 Å². The highest BCUT2D eigenvalue weighted by atomic mass is 32.1. The van der Waals surface area contributed by atoms with Gasteiger partial charge < -0.3 is 15.5 Å². The molecule has 0 saturated heterocycles. The Balaban J connectivity index is 2.04. The van der Waals surface area contributed by atoms with Gasteiger partial charge in [-0.15, -0.1) is 0 Å². The van der Waals surface area contributed by atoms with Gasteiger partial charge in [0.15, 0.2) is 0 Å². The summed E-state index contributed by atoms with van der Waals surface area (Å²) in [5, 5.41) is 21.9. The Morgan fingerprint density at radius 3 is 2.44 bits per heavy atom. The van der Waals surface area contributed by atoms with Crippen LogP contribution in [-0.4, -0.2) is 15.2 Å². The Morgan fingerprint density at radius 2 is 1.78 bits per heavy atom. The molecule has 4 heteroatoms. The van der Waals surface area contributed by atoms with Gasteiger partial charge in [0, 0.05) is 12.6 Å². The van der Waals surface area contributed by atoms with Gasteiger partial charge in [-0.2, -0.15) is 0 Å². The maximum atomic E-state index is 9.67. The summed E-state index contributed by atoms with van der Waals surface area (Å²) in [5.41, 5.74) is 1.62. The molecule has 2 rings (SSSR count). The van der Waals surface area contributed by atoms with E-state index < -0.39 is 0 Å². The summed E-state index contributed by atoms with van der Waals surface area (Å²) in [6, 6.07) is 14.2. The van der Waals surface area contributed by atoms with Crippen molar-refractivity contribution in [3.05, 3.63) is 59.7 Å². The zero-order valence-electron chi connectivity index (χ0n) is 9.63. The second-order valence-electron chi connectivity index (χ2n) is 3.87. The molecule has 0 aliphatic carbocycles. The Hall–Kier alpha value is -2.07. The van der Waals surface area contributed by atoms with E-state index in [0.717, 1.165) is 5.56 Å². The van der Waals surface area contributed by atoms with Crippen LogP contribution in [0.2, 0.25) is 0 Å². The molecule has 0 unspecified atom stereocenters. The first-order valence-corrected chi connectivity index (χ1v) is 5.92. The predicted octanol–water partition coefficient (Wildman–Crippen LogP) is 2.56. The van der Waals surface area contributed by atoms with Gasteiger partial charge in [0.05, 0.1) is 5.56 Å². The average Bonchev–Trinajstić information content (AvgIpc) is 2.37. The molecule has 0 heterocycles. The van der Waals surface area contributed by atoms with Crippen molar-refractivity contribution in [3.8, 4) is 11.5 Å². The van der Waals surface area contributed by atoms with Gasteiger partial charge in [-0.05, 0) is 17.7 Å². The van der Waals surface area contributed by atoms with Crippen LogP contribution in [0, 0.1) is 0 Å². The lowest BCUT2D eigenvalue weighted by Crippen LogP contribution is -2.21. The summed E-state index contributed by atoms with van der Waals surface area (Å²) in [7, 11) is 0. The van der Waals surface area contributed by atoms with E-state index in [2.05, 4.69) is 5.32 Å². The summed E-state index contributed by atoms with van der Waals surface area (Å²) in [4.78, 5) is 0.455. The van der Waals surface area contributed by atoms with Gasteiger partial charge in [0.25, 0.3) is 0 Å². The highest BCUT2D eigenvalue weighted by molar-refractivity contribution is 7.80. The number of benzene rings is 2. The van der Waals surface area contributed by atoms with Crippen LogP contribution in [0.25, 0.3) is 0 Å². The molecule has 0 aliphatic rings. The van der Waals surface area contributed by atoms with Crippen molar-refractivity contribution in [3.63, 3.8) is 0 Å². The first-order valence-electron chi connectivity index (χ1n) is 5.51. The normalized spacial score (nSPS) is 10.0. The van der Waals surface area contributed by atoms with Crippen molar-refractivity contribution in [1.82, 2.24) is 5.32 Å². The third-order valence-electron chi connectivity index (χ3n) is 2.52. The molecule has 0 amide bonds. The van der Waals surface area contributed by atoms with Gasteiger partial charge >= 0.3 is 0 Å². The quantitative estimate of drug-likeness (QED) is 0.742. The topological polar surface area (TPSA) is 52.5 Å². The molecule has 92 valence electrons. The largest absolute Gasteiger partial charge is 0.508 e. The van der Waals surface area contributed by atoms with Crippen molar-refractivity contribution >= 4 is 17.2 Å². The van der Waals surface area contributed by atoms with Crippen LogP contribution in [-0.2, 0) is 6.54 Å². The van der Waals surface area contributed by atoms with E-state index in [1.807, 2.05) is 30.3 Å². The summed E-state index contributed by atoms with van der Waals surface area (Å²) < 4.78 is 0. The van der Waals surface area contributed by atoms with Crippen LogP contribution in [0.5, 0.6) is 11.5 Å². The first-order chi connectivity index (χ1) is 8.66. The smallest absolute Gasteiger partial charge is 0.129 e. The molecular formula is C14H13NO2S. The number of thiocarbonyl (C=S) groups is 1. The molecule has 0 radical (unpaired) electrons. The lowest BCUT2D eigenvalue weighted by Gasteiger charge is -2.09. The number of hydrogen-bond acceptors (Lipinski definition) is 3. The number of aromatic hydroxyl groups is 2. The number of phenols is 2. The van der Waals surface area contributed by atoms with E-state index in [9.17, 15) is 10.2 Å². The molecule has 0 spiro atoms. The molecule has 18 heavy (non-hydrogen) atoms. The summed E-state index contributed by atoms with van der Waals surface area (Å²) >= 11 is 5.20. The fraction of sp³-hybridized carbons (Fsp3) is 0.0714. The maximum absolute atomic E-state index is 9.67. The third kappa shape index (κ3) is 2.99. The molecule has 0 aliphatic heterocycles. The molecule has 3 N–H and O–H groups in total. The predicted molar refractivity (Wildman–Crippen MR) is 74.8 cm³/mol. The number of hydrogen-bond donors (Lipinski definition) is 3. The first kappa shape index (κ1) is 12.4. The highest BCUT2D eigenvalue weighted by Crippen LogP contribution is 2.22. The van der Waals surface area contributed by atoms with Gasteiger partial charge in [0.2, 0.25) is 0 Å². The highest BCUT2D eigenvalue weighted by Gasteiger charge is 2.07. The van der Waals surface area contributed by atoms with Crippen molar-refractivity contribution < 1.29 is 10.2 Å². The zero-order chi connectivity index (χ0) is 13.0. The van der Waals surface area contributed by atoms with Crippen LogP contribution in [0.1, 0.15) is 11.1 Å². The van der Waals surface area contributed by atoms with Crippen LogP contribution in [0.3, 0.4) is 0 Å². The molecule has 0 fully saturated rings. The Labute approximate surface area is 111 Å². The van der Waals surface area contributed by atoms with E-state index >= 15 is 0 Å². The second-order valence-corrected chi connectivity index (χ2v) is 4.28. The van der Waals surface area contributed by atoms with Gasteiger partial charge in [0.1, 0.15) is 16.5 Å². The van der Waals surface area contributed by atoms with E-state index in [4.69, 9.17) is 12.2 Å². The lowest BCUT2D eigenvalue weighted by atomic mass is 10.1. The van der Waals surface area contributed by atoms with Crippen molar-refractivity contribution in [1.29, 1.82) is 0 Å². The average molecular weight is 259 g/mol. The van der Waals surface area contributed by atoms with E-state index in [0.29, 0.717) is 17.1 Å². The molecule has 0 atom stereocenters. The number of phenolic OH excluding ortho intramolecular Hbond substituents is 2. The maximum Gasteiger partial charge on any atom is 0.129 e. The monoisotopic (exact) mass is 259 g/mol. The van der Waals surface area contributed by atoms with Crippen LogP contribution >= 0.6 is 12.2 Å². The molecule has 2 aromatic rings. The summed E-state index contributed by atoms with van der Waals surface area (Å²) in [6.45, 7) is 0.597. The van der Waals surface area contributed by atoms with E-state index in [1.54, 1.807) is 6.07 Å². The van der Waals surface area contributed by atoms with Crippen LogP contribution < -0.4 is 5.32 Å². The van der Waals surface area contributed by atoms with Gasteiger partial charge in [-0.1, -0.05) is 42.5 Å². The second kappa shape index (κ2) is 5.51. The minimum absolute atomic E-state index is 0.0158. The fourth-order valence-corrected chi connectivity index (χ4v) is 1.83. The number of rotatable bonds is 3. The molecule has 2 aromatic carbocycles. The van der Waals surface area contributed by atoms with E-state index in [-0.39, 0.29) is 11.5 Å². The van der Waals surface area contributed by atoms with Gasteiger partial charge in [-0.25, -0.2) is 0 Å². The zero-order valence-corrected chi connectivity index (χ0v) is 10.4. The minimum atomic E-state index is -0.0273. The summed E-state index contributed by atoms with van der Waals surface area (Å²) in [5.74, 6) is -0.0114. The van der Waals surface area contributed by atoms with Crippen LogP contribution in [0.4, 0.5) is 0 Å². The van der Waals surface area contributed by atoms with Crippen molar-refractivity contribution in [2.45, 2.75) is 6.54 Å². The standard InChI is InChI=1S/C14H13NO2S/c16-11-6-7-12(13(17)8-11)14(18)15-9-10-4-2-1-3-5-10/h1-8,16-17H,9H2,(H,15,18). The molecule has 0 aromatic heterocycles. The molecule has 0 saturated carbocycles. The van der Waals surface area contributed by atoms with Crippen molar-refractivity contribution in [2.75, 3.05) is 0 Å². The fourth-order valence-electron chi connectivity index (χ4n) is 1.59. The van der Waals surface area contributed by atoms with Crippen LogP contribution in [0.15, 0.2) is 48.5 Å². The Bertz CT molecular complexity index is 555. The molecule has 0 bridgehead atoms. The Kier molecular flexibility index (Phi) is 3.79. The van der Waals surface area contributed by atoms with Crippen molar-refractivity contribution in [2.24, 2.45) is 0 Å². The lowest BCUT2D eigenvalue weighted by molar-refractivity contribution is 0.450. The van der Waals surface area contributed by atoms with Gasteiger partial charge in [-0.3, -0.25) is 0 Å².